The summed E-state index contributed by atoms with van der Waals surface area (Å²) in [6.07, 6.45) is 4.53. The van der Waals surface area contributed by atoms with Crippen LogP contribution in [-0.2, 0) is 19.4 Å². The molecule has 1 aliphatic rings. The first-order valence-corrected chi connectivity index (χ1v) is 9.99. The zero-order valence-electron chi connectivity index (χ0n) is 17.4. The molecule has 1 atom stereocenters. The Labute approximate surface area is 189 Å². The topological polar surface area (TPSA) is 85.6 Å². The van der Waals surface area contributed by atoms with Crippen molar-refractivity contribution < 1.29 is 9.47 Å². The normalized spacial score (nSPS) is 13.7. The van der Waals surface area contributed by atoms with Gasteiger partial charge < -0.3 is 24.7 Å². The third-order valence-electron chi connectivity index (χ3n) is 4.76. The number of halogens is 1. The van der Waals surface area contributed by atoms with E-state index in [9.17, 15) is 0 Å². The van der Waals surface area contributed by atoms with Crippen LogP contribution < -0.4 is 20.1 Å². The molecule has 0 fully saturated rings. The van der Waals surface area contributed by atoms with E-state index in [1.54, 1.807) is 6.33 Å². The SMILES string of the molecule is CCc1nncn1CCNC(=NCCc1ccc2c(c1)OCO2)NC(C)CC.I. The molecule has 9 heteroatoms. The van der Waals surface area contributed by atoms with Gasteiger partial charge in [0.05, 0.1) is 0 Å². The fourth-order valence-electron chi connectivity index (χ4n) is 2.92. The highest BCUT2D eigenvalue weighted by molar-refractivity contribution is 14.0. The predicted molar refractivity (Wildman–Crippen MR) is 124 cm³/mol. The van der Waals surface area contributed by atoms with Crippen LogP contribution in [0.2, 0.25) is 0 Å². The van der Waals surface area contributed by atoms with Gasteiger partial charge in [-0.15, -0.1) is 34.2 Å². The van der Waals surface area contributed by atoms with Crippen LogP contribution in [0.5, 0.6) is 11.5 Å². The number of hydrogen-bond acceptors (Lipinski definition) is 5. The maximum atomic E-state index is 5.45. The monoisotopic (exact) mass is 514 g/mol. The van der Waals surface area contributed by atoms with Crippen LogP contribution in [0, 0.1) is 0 Å². The molecule has 0 bridgehead atoms. The van der Waals surface area contributed by atoms with Gasteiger partial charge in [-0.3, -0.25) is 4.99 Å². The van der Waals surface area contributed by atoms with Crippen molar-refractivity contribution in [3.63, 3.8) is 0 Å². The maximum absolute atomic E-state index is 5.45. The van der Waals surface area contributed by atoms with Gasteiger partial charge in [0, 0.05) is 32.1 Å². The highest BCUT2D eigenvalue weighted by Crippen LogP contribution is 2.32. The zero-order valence-corrected chi connectivity index (χ0v) is 19.7. The summed E-state index contributed by atoms with van der Waals surface area (Å²) in [6, 6.07) is 6.42. The third-order valence-corrected chi connectivity index (χ3v) is 4.76. The van der Waals surface area contributed by atoms with Crippen LogP contribution in [0.4, 0.5) is 0 Å². The second kappa shape index (κ2) is 11.8. The van der Waals surface area contributed by atoms with Crippen molar-refractivity contribution >= 4 is 29.9 Å². The summed E-state index contributed by atoms with van der Waals surface area (Å²) >= 11 is 0. The van der Waals surface area contributed by atoms with E-state index in [-0.39, 0.29) is 24.0 Å². The molecule has 2 heterocycles. The van der Waals surface area contributed by atoms with E-state index in [1.807, 2.05) is 12.1 Å². The molecule has 0 saturated carbocycles. The molecule has 0 saturated heterocycles. The average Bonchev–Trinajstić information content (AvgIpc) is 3.36. The lowest BCUT2D eigenvalue weighted by Gasteiger charge is -2.17. The summed E-state index contributed by atoms with van der Waals surface area (Å²) in [4.78, 5) is 4.74. The van der Waals surface area contributed by atoms with Gasteiger partial charge in [0.25, 0.3) is 0 Å². The number of guanidine groups is 1. The molecule has 8 nitrogen and oxygen atoms in total. The standard InChI is InChI=1S/C20H30N6O2.HI/c1-4-15(3)24-20(22-10-11-26-13-23-25-19(26)5-2)21-9-8-16-6-7-17-18(12-16)28-14-27-17;/h6-7,12-13,15H,4-5,8-11,14H2,1-3H3,(H2,21,22,24);1H. The lowest BCUT2D eigenvalue weighted by molar-refractivity contribution is 0.174. The van der Waals surface area contributed by atoms with Gasteiger partial charge in [-0.2, -0.15) is 0 Å². The lowest BCUT2D eigenvalue weighted by Crippen LogP contribution is -2.43. The van der Waals surface area contributed by atoms with Crippen molar-refractivity contribution in [3.05, 3.63) is 35.9 Å². The number of aromatic nitrogens is 3. The van der Waals surface area contributed by atoms with E-state index < -0.39 is 0 Å². The number of benzene rings is 1. The van der Waals surface area contributed by atoms with Crippen molar-refractivity contribution in [1.29, 1.82) is 0 Å². The molecule has 0 aliphatic carbocycles. The van der Waals surface area contributed by atoms with Crippen molar-refractivity contribution in [3.8, 4) is 11.5 Å². The van der Waals surface area contributed by atoms with Gasteiger partial charge in [0.15, 0.2) is 17.5 Å². The van der Waals surface area contributed by atoms with Crippen LogP contribution in [0.1, 0.15) is 38.6 Å². The fraction of sp³-hybridized carbons (Fsp3) is 0.550. The number of nitrogens with zero attached hydrogens (tertiary/aromatic N) is 4. The lowest BCUT2D eigenvalue weighted by atomic mass is 10.1. The summed E-state index contributed by atoms with van der Waals surface area (Å²) < 4.78 is 12.9. The summed E-state index contributed by atoms with van der Waals surface area (Å²) in [6.45, 7) is 8.96. The van der Waals surface area contributed by atoms with Crippen molar-refractivity contribution in [2.75, 3.05) is 19.9 Å². The van der Waals surface area contributed by atoms with Gasteiger partial charge in [-0.05, 0) is 37.5 Å². The quantitative estimate of drug-likeness (QED) is 0.304. The van der Waals surface area contributed by atoms with Gasteiger partial charge in [-0.25, -0.2) is 0 Å². The Hall–Kier alpha value is -2.04. The number of aryl methyl sites for hydroxylation is 1. The molecule has 0 spiro atoms. The number of fused-ring (bicyclic) bond motifs is 1. The molecule has 29 heavy (non-hydrogen) atoms. The molecule has 1 unspecified atom stereocenters. The minimum Gasteiger partial charge on any atom is -0.454 e. The van der Waals surface area contributed by atoms with Gasteiger partial charge >= 0.3 is 0 Å². The molecule has 0 amide bonds. The summed E-state index contributed by atoms with van der Waals surface area (Å²) in [5.41, 5.74) is 1.19. The summed E-state index contributed by atoms with van der Waals surface area (Å²) in [5.74, 6) is 3.46. The zero-order chi connectivity index (χ0) is 19.8. The van der Waals surface area contributed by atoms with Crippen LogP contribution in [0.3, 0.4) is 0 Å². The first kappa shape index (κ1) is 23.2. The molecular formula is C20H31IN6O2. The third kappa shape index (κ3) is 6.76. The number of nitrogens with one attached hydrogen (secondary N) is 2. The highest BCUT2D eigenvalue weighted by Gasteiger charge is 2.13. The highest BCUT2D eigenvalue weighted by atomic mass is 127. The van der Waals surface area contributed by atoms with Crippen LogP contribution in [0.25, 0.3) is 0 Å². The van der Waals surface area contributed by atoms with E-state index in [0.717, 1.165) is 55.6 Å². The minimum absolute atomic E-state index is 0. The van der Waals surface area contributed by atoms with Crippen molar-refractivity contribution in [2.45, 2.75) is 52.6 Å². The van der Waals surface area contributed by atoms with Crippen LogP contribution >= 0.6 is 24.0 Å². The molecule has 1 aromatic heterocycles. The number of aliphatic imine (C=N–C) groups is 1. The molecule has 0 radical (unpaired) electrons. The Balaban J connectivity index is 0.00000300. The Bertz CT molecular complexity index is 795. The van der Waals surface area contributed by atoms with Gasteiger partial charge in [-0.1, -0.05) is 19.9 Å². The summed E-state index contributed by atoms with van der Waals surface area (Å²) in [7, 11) is 0. The maximum Gasteiger partial charge on any atom is 0.231 e. The predicted octanol–water partition coefficient (Wildman–Crippen LogP) is 2.76. The average molecular weight is 514 g/mol. The smallest absolute Gasteiger partial charge is 0.231 e. The molecule has 3 rings (SSSR count). The molecule has 160 valence electrons. The van der Waals surface area contributed by atoms with Crippen LogP contribution in [-0.4, -0.2) is 46.6 Å². The Morgan fingerprint density at radius 2 is 2.10 bits per heavy atom. The van der Waals surface area contributed by atoms with E-state index >= 15 is 0 Å². The van der Waals surface area contributed by atoms with E-state index in [0.29, 0.717) is 19.4 Å². The van der Waals surface area contributed by atoms with Crippen LogP contribution in [0.15, 0.2) is 29.5 Å². The number of ether oxygens (including phenoxy) is 2. The van der Waals surface area contributed by atoms with E-state index in [4.69, 9.17) is 14.5 Å². The molecular weight excluding hydrogens is 483 g/mol. The van der Waals surface area contributed by atoms with Gasteiger partial charge in [0.2, 0.25) is 6.79 Å². The Morgan fingerprint density at radius 1 is 1.28 bits per heavy atom. The molecule has 1 aromatic carbocycles. The van der Waals surface area contributed by atoms with Crippen molar-refractivity contribution in [1.82, 2.24) is 25.4 Å². The largest absolute Gasteiger partial charge is 0.454 e. The number of hydrogen-bond donors (Lipinski definition) is 2. The Morgan fingerprint density at radius 3 is 2.90 bits per heavy atom. The molecule has 2 N–H and O–H groups in total. The minimum atomic E-state index is 0. The first-order chi connectivity index (χ1) is 13.7. The van der Waals surface area contributed by atoms with Gasteiger partial charge in [0.1, 0.15) is 12.2 Å². The second-order valence-electron chi connectivity index (χ2n) is 6.84. The molecule has 2 aromatic rings. The van der Waals surface area contributed by atoms with E-state index in [1.165, 1.54) is 5.56 Å². The second-order valence-corrected chi connectivity index (χ2v) is 6.84. The summed E-state index contributed by atoms with van der Waals surface area (Å²) in [5, 5.41) is 15.0. The van der Waals surface area contributed by atoms with Crippen molar-refractivity contribution in [2.24, 2.45) is 4.99 Å². The number of rotatable bonds is 9. The first-order valence-electron chi connectivity index (χ1n) is 9.99. The van der Waals surface area contributed by atoms with E-state index in [2.05, 4.69) is 52.2 Å². The fourth-order valence-corrected chi connectivity index (χ4v) is 2.92. The molecule has 1 aliphatic heterocycles. The Kier molecular flexibility index (Phi) is 9.49.